The van der Waals surface area contributed by atoms with Gasteiger partial charge < -0.3 is 14.4 Å². The maximum atomic E-state index is 13.0. The topological polar surface area (TPSA) is 52.1 Å². The van der Waals surface area contributed by atoms with E-state index < -0.39 is 18.4 Å². The lowest BCUT2D eigenvalue weighted by molar-refractivity contribution is -0.364. The van der Waals surface area contributed by atoms with Gasteiger partial charge in [-0.2, -0.15) is 18.7 Å². The molecule has 1 N–H and O–H groups in total. The van der Waals surface area contributed by atoms with E-state index >= 15 is 0 Å². The molecule has 122 valence electrons. The molecule has 0 aliphatic carbocycles. The Morgan fingerprint density at radius 3 is 2.36 bits per heavy atom. The van der Waals surface area contributed by atoms with Crippen LogP contribution in [0.15, 0.2) is 29.4 Å². The van der Waals surface area contributed by atoms with Crippen molar-refractivity contribution in [1.82, 2.24) is 5.48 Å². The van der Waals surface area contributed by atoms with Crippen LogP contribution in [-0.2, 0) is 14.4 Å². The fourth-order valence-corrected chi connectivity index (χ4v) is 2.15. The lowest BCUT2D eigenvalue weighted by Gasteiger charge is -2.26. The molecule has 1 aliphatic heterocycles. The highest BCUT2D eigenvalue weighted by Gasteiger charge is 2.62. The van der Waals surface area contributed by atoms with Crippen molar-refractivity contribution in [2.24, 2.45) is 5.16 Å². The minimum atomic E-state index is -4.66. The van der Waals surface area contributed by atoms with E-state index in [1.165, 1.54) is 7.11 Å². The van der Waals surface area contributed by atoms with Crippen molar-refractivity contribution in [1.29, 1.82) is 0 Å². The monoisotopic (exact) mass is 318 g/mol. The second kappa shape index (κ2) is 6.23. The number of nitrogens with zero attached hydrogens (tertiary/aromatic N) is 1. The second-order valence-electron chi connectivity index (χ2n) is 4.93. The molecule has 0 saturated heterocycles. The van der Waals surface area contributed by atoms with Crippen LogP contribution >= 0.6 is 0 Å². The van der Waals surface area contributed by atoms with Gasteiger partial charge in [-0.15, -0.1) is 0 Å². The zero-order valence-electron chi connectivity index (χ0n) is 12.4. The number of rotatable bonds is 5. The quantitative estimate of drug-likeness (QED) is 0.848. The molecule has 2 atom stereocenters. The van der Waals surface area contributed by atoms with Gasteiger partial charge in [0.25, 0.3) is 0 Å². The van der Waals surface area contributed by atoms with Gasteiger partial charge in [0, 0.05) is 7.11 Å². The molecule has 0 saturated carbocycles. The van der Waals surface area contributed by atoms with Crippen LogP contribution in [0.3, 0.4) is 0 Å². The first-order valence-electron chi connectivity index (χ1n) is 6.59. The lowest BCUT2D eigenvalue weighted by atomic mass is 10.00. The van der Waals surface area contributed by atoms with Gasteiger partial charge in [-0.1, -0.05) is 29.4 Å². The molecule has 0 fully saturated rings. The maximum Gasteiger partial charge on any atom is 0.458 e. The molecule has 1 heterocycles. The molecule has 2 unspecified atom stereocenters. The van der Waals surface area contributed by atoms with Crippen LogP contribution in [0.25, 0.3) is 0 Å². The number of methoxy groups -OCH3 is 1. The number of hydroxylamine groups is 1. The summed E-state index contributed by atoms with van der Waals surface area (Å²) in [7, 11) is 2.46. The molecule has 2 rings (SSSR count). The highest BCUT2D eigenvalue weighted by Crippen LogP contribution is 2.41. The molecule has 0 radical (unpaired) electrons. The highest BCUT2D eigenvalue weighted by atomic mass is 19.4. The minimum absolute atomic E-state index is 0.0472. The van der Waals surface area contributed by atoms with E-state index in [4.69, 9.17) is 4.84 Å². The van der Waals surface area contributed by atoms with Crippen molar-refractivity contribution in [3.63, 3.8) is 0 Å². The van der Waals surface area contributed by atoms with Crippen LogP contribution in [0.5, 0.6) is 0 Å². The third kappa shape index (κ3) is 3.08. The first-order chi connectivity index (χ1) is 10.3. The largest absolute Gasteiger partial charge is 0.458 e. The van der Waals surface area contributed by atoms with Crippen molar-refractivity contribution < 1.29 is 27.6 Å². The highest BCUT2D eigenvalue weighted by molar-refractivity contribution is 6.01. The number of hydrogen-bond donors (Lipinski definition) is 1. The number of alkyl halides is 3. The number of hydrogen-bond acceptors (Lipinski definition) is 5. The average Bonchev–Trinajstić information content (AvgIpc) is 2.93. The van der Waals surface area contributed by atoms with Crippen LogP contribution in [0.1, 0.15) is 30.5 Å². The Morgan fingerprint density at radius 2 is 1.91 bits per heavy atom. The van der Waals surface area contributed by atoms with Crippen LogP contribution in [0, 0.1) is 0 Å². The molecule has 1 aromatic rings. The number of ether oxygens (including phenoxy) is 1. The first kappa shape index (κ1) is 16.7. The molecular formula is C14H17F3N2O3. The van der Waals surface area contributed by atoms with Gasteiger partial charge in [-0.05, 0) is 18.1 Å². The van der Waals surface area contributed by atoms with Crippen molar-refractivity contribution in [3.05, 3.63) is 35.4 Å². The summed E-state index contributed by atoms with van der Waals surface area (Å²) >= 11 is 0. The summed E-state index contributed by atoms with van der Waals surface area (Å²) in [6, 6.07) is 6.90. The molecule has 0 amide bonds. The Kier molecular flexibility index (Phi) is 4.74. The van der Waals surface area contributed by atoms with Crippen LogP contribution in [-0.4, -0.2) is 31.9 Å². The Labute approximate surface area is 126 Å². The Balaban J connectivity index is 2.14. The van der Waals surface area contributed by atoms with E-state index in [0.29, 0.717) is 5.56 Å². The number of nitrogens with one attached hydrogen (secondary N) is 1. The average molecular weight is 318 g/mol. The fraction of sp³-hybridized carbons (Fsp3) is 0.500. The first-order valence-corrected chi connectivity index (χ1v) is 6.59. The molecular weight excluding hydrogens is 301 g/mol. The van der Waals surface area contributed by atoms with Crippen molar-refractivity contribution >= 4 is 5.71 Å². The van der Waals surface area contributed by atoms with E-state index in [1.807, 2.05) is 6.92 Å². The SMILES string of the molecule is CONC(C)c1ccc(C2=NOC(OC)(C(F)(F)F)C2)cc1. The van der Waals surface area contributed by atoms with Crippen molar-refractivity contribution in [2.45, 2.75) is 31.3 Å². The summed E-state index contributed by atoms with van der Waals surface area (Å²) in [5.74, 6) is -2.70. The number of halogens is 3. The van der Waals surface area contributed by atoms with Crippen LogP contribution < -0.4 is 5.48 Å². The summed E-state index contributed by atoms with van der Waals surface area (Å²) in [4.78, 5) is 9.38. The molecule has 1 aromatic carbocycles. The Hall–Kier alpha value is -1.64. The predicted octanol–water partition coefficient (Wildman–Crippen LogP) is 2.93. The predicted molar refractivity (Wildman–Crippen MR) is 73.0 cm³/mol. The Morgan fingerprint density at radius 1 is 1.27 bits per heavy atom. The molecule has 8 heteroatoms. The Bertz CT molecular complexity index is 545. The molecule has 22 heavy (non-hydrogen) atoms. The third-order valence-electron chi connectivity index (χ3n) is 3.50. The maximum absolute atomic E-state index is 13.0. The van der Waals surface area contributed by atoms with Gasteiger partial charge in [0.2, 0.25) is 0 Å². The minimum Gasteiger partial charge on any atom is -0.349 e. The molecule has 0 spiro atoms. The van der Waals surface area contributed by atoms with Gasteiger partial charge in [0.05, 0.1) is 25.3 Å². The van der Waals surface area contributed by atoms with E-state index in [1.54, 1.807) is 24.3 Å². The summed E-state index contributed by atoms with van der Waals surface area (Å²) < 4.78 is 43.6. The third-order valence-corrected chi connectivity index (χ3v) is 3.50. The van der Waals surface area contributed by atoms with Gasteiger partial charge in [-0.3, -0.25) is 0 Å². The second-order valence-corrected chi connectivity index (χ2v) is 4.93. The molecule has 0 bridgehead atoms. The molecule has 0 aromatic heterocycles. The normalized spacial score (nSPS) is 23.1. The van der Waals surface area contributed by atoms with Gasteiger partial charge in [0.15, 0.2) is 0 Å². The smallest absolute Gasteiger partial charge is 0.349 e. The number of oxime groups is 1. The van der Waals surface area contributed by atoms with Gasteiger partial charge in [-0.25, -0.2) is 0 Å². The summed E-state index contributed by atoms with van der Waals surface area (Å²) in [6.07, 6.45) is -5.15. The molecule has 5 nitrogen and oxygen atoms in total. The summed E-state index contributed by atoms with van der Waals surface area (Å²) in [5, 5.41) is 3.54. The zero-order valence-corrected chi connectivity index (χ0v) is 12.4. The van der Waals surface area contributed by atoms with Gasteiger partial charge in [0.1, 0.15) is 0 Å². The lowest BCUT2D eigenvalue weighted by Crippen LogP contribution is -2.47. The van der Waals surface area contributed by atoms with Crippen LogP contribution in [0.2, 0.25) is 0 Å². The van der Waals surface area contributed by atoms with E-state index in [9.17, 15) is 13.2 Å². The fourth-order valence-electron chi connectivity index (χ4n) is 2.15. The van der Waals surface area contributed by atoms with E-state index in [0.717, 1.165) is 12.7 Å². The summed E-state index contributed by atoms with van der Waals surface area (Å²) in [5.41, 5.74) is 4.44. The van der Waals surface area contributed by atoms with E-state index in [-0.39, 0.29) is 11.8 Å². The van der Waals surface area contributed by atoms with Gasteiger partial charge >= 0.3 is 12.0 Å². The van der Waals surface area contributed by atoms with Crippen molar-refractivity contribution in [2.75, 3.05) is 14.2 Å². The standard InChI is InChI=1S/C14H17F3N2O3/c1-9(18-21-3)10-4-6-11(7-5-10)12-8-13(20-2,22-19-12)14(15,16)17/h4-7,9,18H,8H2,1-3H3. The van der Waals surface area contributed by atoms with Crippen LogP contribution in [0.4, 0.5) is 13.2 Å². The zero-order chi connectivity index (χ0) is 16.4. The molecule has 1 aliphatic rings. The van der Waals surface area contributed by atoms with Crippen molar-refractivity contribution in [3.8, 4) is 0 Å². The van der Waals surface area contributed by atoms with E-state index in [2.05, 4.69) is 20.2 Å². The number of benzene rings is 1. The summed E-state index contributed by atoms with van der Waals surface area (Å²) in [6.45, 7) is 1.90.